The molecule has 1 aromatic carbocycles. The number of nitrogens with one attached hydrogen (secondary N) is 1. The fraction of sp³-hybridized carbons (Fsp3) is 0.286. The van der Waals surface area contributed by atoms with Crippen molar-refractivity contribution in [1.29, 1.82) is 0 Å². The van der Waals surface area contributed by atoms with Gasteiger partial charge in [0.1, 0.15) is 0 Å². The number of halogens is 1. The molecule has 2 rings (SSSR count). The topological polar surface area (TPSA) is 19.0 Å². The molecule has 0 bridgehead atoms. The van der Waals surface area contributed by atoms with E-state index in [4.69, 9.17) is 23.8 Å². The van der Waals surface area contributed by atoms with Gasteiger partial charge in [0.2, 0.25) is 0 Å². The minimum absolute atomic E-state index is 0.779. The van der Waals surface area contributed by atoms with Gasteiger partial charge in [0.05, 0.1) is 5.49 Å². The summed E-state index contributed by atoms with van der Waals surface area (Å²) in [6, 6.07) is 10.4. The van der Waals surface area contributed by atoms with E-state index in [-0.39, 0.29) is 0 Å². The Morgan fingerprint density at radius 2 is 2.04 bits per heavy atom. The number of aromatic nitrogens is 1. The van der Waals surface area contributed by atoms with Crippen molar-refractivity contribution in [2.24, 2.45) is 0 Å². The number of nitrogens with zero attached hydrogens (tertiary/aromatic N) is 1. The summed E-state index contributed by atoms with van der Waals surface area (Å²) in [4.78, 5) is 5.65. The summed E-state index contributed by atoms with van der Waals surface area (Å²) in [7, 11) is 0. The predicted octanol–water partition coefficient (Wildman–Crippen LogP) is 5.65. The maximum Gasteiger partial charge on any atom is 0.0644 e. The summed E-state index contributed by atoms with van der Waals surface area (Å²) in [6.45, 7) is 9.56. The lowest BCUT2D eigenvalue weighted by atomic mass is 10.0. The normalized spacial score (nSPS) is 11.4. The standard InChI is InChI=1S/C21H25ClN2S/c1-4-8-21-20(13-16(2)22)19(17(3)23-21)11-12-24(15-25)14-18-9-6-5-7-10-18/h4-7,9-10,13,15,23H,1,8,11-12,14H2,2-3H3/b16-13+. The van der Waals surface area contributed by atoms with Gasteiger partial charge in [-0.05, 0) is 37.5 Å². The monoisotopic (exact) mass is 372 g/mol. The minimum Gasteiger partial charge on any atom is -0.364 e. The molecule has 0 unspecified atom stereocenters. The highest BCUT2D eigenvalue weighted by atomic mass is 35.5. The van der Waals surface area contributed by atoms with Gasteiger partial charge < -0.3 is 9.88 Å². The van der Waals surface area contributed by atoms with Crippen LogP contribution in [0, 0.1) is 6.92 Å². The largest absolute Gasteiger partial charge is 0.364 e. The van der Waals surface area contributed by atoms with Crippen LogP contribution < -0.4 is 0 Å². The molecule has 2 nitrogen and oxygen atoms in total. The minimum atomic E-state index is 0.779. The van der Waals surface area contributed by atoms with E-state index in [1.807, 2.05) is 25.1 Å². The van der Waals surface area contributed by atoms with Crippen molar-refractivity contribution in [3.8, 4) is 0 Å². The van der Waals surface area contributed by atoms with Gasteiger partial charge in [0, 0.05) is 41.5 Å². The number of thiocarbonyl (C=S) groups is 1. The molecule has 0 fully saturated rings. The number of benzene rings is 1. The average molecular weight is 373 g/mol. The fourth-order valence-electron chi connectivity index (χ4n) is 3.00. The van der Waals surface area contributed by atoms with E-state index in [9.17, 15) is 0 Å². The zero-order valence-corrected chi connectivity index (χ0v) is 16.5. The Balaban J connectivity index is 2.16. The van der Waals surface area contributed by atoms with Gasteiger partial charge in [-0.1, -0.05) is 60.2 Å². The second kappa shape index (κ2) is 9.59. The third kappa shape index (κ3) is 5.58. The van der Waals surface area contributed by atoms with Gasteiger partial charge in [-0.2, -0.15) is 0 Å². The molecule has 0 spiro atoms. The van der Waals surface area contributed by atoms with Crippen molar-refractivity contribution in [2.45, 2.75) is 33.2 Å². The molecule has 4 heteroatoms. The van der Waals surface area contributed by atoms with Crippen LogP contribution in [-0.2, 0) is 19.4 Å². The highest BCUT2D eigenvalue weighted by Crippen LogP contribution is 2.24. The van der Waals surface area contributed by atoms with Gasteiger partial charge in [-0.3, -0.25) is 0 Å². The number of hydrogen-bond donors (Lipinski definition) is 1. The summed E-state index contributed by atoms with van der Waals surface area (Å²) in [5.41, 5.74) is 7.85. The van der Waals surface area contributed by atoms with E-state index in [0.717, 1.165) is 31.0 Å². The first-order chi connectivity index (χ1) is 12.0. The molecule has 0 aliphatic rings. The van der Waals surface area contributed by atoms with E-state index in [2.05, 4.69) is 47.7 Å². The smallest absolute Gasteiger partial charge is 0.0644 e. The molecule has 0 radical (unpaired) electrons. The third-order valence-electron chi connectivity index (χ3n) is 4.16. The second-order valence-electron chi connectivity index (χ2n) is 6.16. The molecule has 0 aliphatic heterocycles. The van der Waals surface area contributed by atoms with Crippen LogP contribution in [-0.4, -0.2) is 21.9 Å². The van der Waals surface area contributed by atoms with Gasteiger partial charge >= 0.3 is 0 Å². The van der Waals surface area contributed by atoms with Crippen molar-refractivity contribution in [3.05, 3.63) is 76.1 Å². The van der Waals surface area contributed by atoms with Crippen LogP contribution >= 0.6 is 23.8 Å². The zero-order valence-electron chi connectivity index (χ0n) is 14.9. The van der Waals surface area contributed by atoms with Gasteiger partial charge in [-0.25, -0.2) is 0 Å². The van der Waals surface area contributed by atoms with E-state index in [1.54, 1.807) is 5.49 Å². The maximum atomic E-state index is 6.15. The number of allylic oxidation sites excluding steroid dienone is 2. The van der Waals surface area contributed by atoms with Gasteiger partial charge in [0.15, 0.2) is 0 Å². The summed E-state index contributed by atoms with van der Waals surface area (Å²) in [6.07, 6.45) is 5.67. The van der Waals surface area contributed by atoms with Crippen LogP contribution in [0.1, 0.15) is 35.0 Å². The lowest BCUT2D eigenvalue weighted by Gasteiger charge is -2.19. The van der Waals surface area contributed by atoms with Gasteiger partial charge in [-0.15, -0.1) is 6.58 Å². The quantitative estimate of drug-likeness (QED) is 0.452. The molecule has 0 atom stereocenters. The predicted molar refractivity (Wildman–Crippen MR) is 113 cm³/mol. The van der Waals surface area contributed by atoms with Crippen molar-refractivity contribution in [3.63, 3.8) is 0 Å². The summed E-state index contributed by atoms with van der Waals surface area (Å²) in [5, 5.41) is 0.779. The Hall–Kier alpha value is -1.84. The highest BCUT2D eigenvalue weighted by molar-refractivity contribution is 7.78. The van der Waals surface area contributed by atoms with E-state index < -0.39 is 0 Å². The highest BCUT2D eigenvalue weighted by Gasteiger charge is 2.14. The summed E-state index contributed by atoms with van der Waals surface area (Å²) in [5.74, 6) is 0. The summed E-state index contributed by atoms with van der Waals surface area (Å²) >= 11 is 11.4. The molecule has 2 aromatic rings. The first-order valence-corrected chi connectivity index (χ1v) is 9.28. The number of H-pyrrole nitrogens is 1. The molecule has 1 aromatic heterocycles. The first-order valence-electron chi connectivity index (χ1n) is 8.43. The lowest BCUT2D eigenvalue weighted by molar-refractivity contribution is 0.435. The SMILES string of the molecule is C=CCc1[nH]c(C)c(CCN(C=S)Cc2ccccc2)c1/C=C(\C)Cl. The van der Waals surface area contributed by atoms with E-state index >= 15 is 0 Å². The van der Waals surface area contributed by atoms with Crippen LogP contribution in [0.25, 0.3) is 6.08 Å². The molecule has 132 valence electrons. The van der Waals surface area contributed by atoms with Crippen LogP contribution in [0.3, 0.4) is 0 Å². The molecule has 25 heavy (non-hydrogen) atoms. The third-order valence-corrected chi connectivity index (χ3v) is 4.57. The first kappa shape index (κ1) is 19.5. The number of aryl methyl sites for hydroxylation is 1. The van der Waals surface area contributed by atoms with Crippen LogP contribution in [0.5, 0.6) is 0 Å². The Morgan fingerprint density at radius 1 is 1.32 bits per heavy atom. The number of rotatable bonds is 9. The van der Waals surface area contributed by atoms with Crippen LogP contribution in [0.15, 0.2) is 48.0 Å². The second-order valence-corrected chi connectivity index (χ2v) is 6.96. The van der Waals surface area contributed by atoms with Crippen molar-refractivity contribution >= 4 is 35.4 Å². The van der Waals surface area contributed by atoms with Crippen molar-refractivity contribution in [1.82, 2.24) is 9.88 Å². The molecule has 1 heterocycles. The molecule has 0 saturated heterocycles. The van der Waals surface area contributed by atoms with E-state index in [0.29, 0.717) is 0 Å². The summed E-state index contributed by atoms with van der Waals surface area (Å²) < 4.78 is 0. The molecule has 1 N–H and O–H groups in total. The Labute approximate surface area is 161 Å². The molecule has 0 aliphatic carbocycles. The zero-order chi connectivity index (χ0) is 18.2. The molecular formula is C21H25ClN2S. The van der Waals surface area contributed by atoms with Crippen molar-refractivity contribution in [2.75, 3.05) is 6.54 Å². The van der Waals surface area contributed by atoms with Crippen molar-refractivity contribution < 1.29 is 0 Å². The van der Waals surface area contributed by atoms with E-state index in [1.165, 1.54) is 28.1 Å². The fourth-order valence-corrected chi connectivity index (χ4v) is 3.29. The lowest BCUT2D eigenvalue weighted by Crippen LogP contribution is -2.23. The Bertz CT molecular complexity index is 743. The van der Waals surface area contributed by atoms with Crippen LogP contribution in [0.2, 0.25) is 0 Å². The molecule has 0 amide bonds. The molecular weight excluding hydrogens is 348 g/mol. The average Bonchev–Trinajstić information content (AvgIpc) is 2.87. The van der Waals surface area contributed by atoms with Crippen LogP contribution in [0.4, 0.5) is 0 Å². The number of aromatic amines is 1. The van der Waals surface area contributed by atoms with Gasteiger partial charge in [0.25, 0.3) is 0 Å². The molecule has 0 saturated carbocycles. The number of hydrogen-bond acceptors (Lipinski definition) is 1. The Kier molecular flexibility index (Phi) is 7.48. The maximum absolute atomic E-state index is 6.15. The Morgan fingerprint density at radius 3 is 2.64 bits per heavy atom.